The third-order valence-corrected chi connectivity index (χ3v) is 3.91. The summed E-state index contributed by atoms with van der Waals surface area (Å²) >= 11 is 0. The average Bonchev–Trinajstić information content (AvgIpc) is 2.33. The molecule has 19 heavy (non-hydrogen) atoms. The second-order valence-electron chi connectivity index (χ2n) is 4.78. The fraction of sp³-hybridized carbons (Fsp3) is 0.500. The van der Waals surface area contributed by atoms with Crippen molar-refractivity contribution < 1.29 is 13.2 Å². The van der Waals surface area contributed by atoms with Gasteiger partial charge in [0, 0.05) is 12.5 Å². The molecule has 0 bridgehead atoms. The SMILES string of the molecule is CC(C)CC(C(=O)NNc1ccccn1)S(C)(=O)=O. The van der Waals surface area contributed by atoms with Crippen molar-refractivity contribution in [2.45, 2.75) is 25.5 Å². The zero-order valence-corrected chi connectivity index (χ0v) is 12.1. The minimum Gasteiger partial charge on any atom is -0.282 e. The Balaban J connectivity index is 2.68. The molecule has 7 heteroatoms. The molecule has 0 radical (unpaired) electrons. The van der Waals surface area contributed by atoms with Crippen molar-refractivity contribution in [2.24, 2.45) is 5.92 Å². The van der Waals surface area contributed by atoms with Gasteiger partial charge < -0.3 is 0 Å². The molecule has 1 heterocycles. The van der Waals surface area contributed by atoms with E-state index in [0.29, 0.717) is 5.82 Å². The Bertz CT molecular complexity index is 514. The van der Waals surface area contributed by atoms with E-state index in [1.807, 2.05) is 13.8 Å². The molecule has 0 aromatic carbocycles. The highest BCUT2D eigenvalue weighted by Gasteiger charge is 2.29. The van der Waals surface area contributed by atoms with Crippen LogP contribution in [0.4, 0.5) is 5.82 Å². The quantitative estimate of drug-likeness (QED) is 0.761. The van der Waals surface area contributed by atoms with Crippen LogP contribution in [0.2, 0.25) is 0 Å². The maximum Gasteiger partial charge on any atom is 0.256 e. The summed E-state index contributed by atoms with van der Waals surface area (Å²) in [4.78, 5) is 15.9. The molecular formula is C12H19N3O3S. The Morgan fingerprint density at radius 3 is 2.53 bits per heavy atom. The van der Waals surface area contributed by atoms with E-state index < -0.39 is 21.0 Å². The van der Waals surface area contributed by atoms with Crippen molar-refractivity contribution in [2.75, 3.05) is 11.7 Å². The van der Waals surface area contributed by atoms with Gasteiger partial charge in [0.25, 0.3) is 5.91 Å². The Labute approximate surface area is 113 Å². The highest BCUT2D eigenvalue weighted by atomic mass is 32.2. The van der Waals surface area contributed by atoms with Crippen LogP contribution in [-0.4, -0.2) is 30.8 Å². The van der Waals surface area contributed by atoms with Crippen LogP contribution in [0.25, 0.3) is 0 Å². The van der Waals surface area contributed by atoms with Crippen molar-refractivity contribution in [3.05, 3.63) is 24.4 Å². The lowest BCUT2D eigenvalue weighted by atomic mass is 10.1. The first-order valence-electron chi connectivity index (χ1n) is 5.96. The number of anilines is 1. The number of amides is 1. The van der Waals surface area contributed by atoms with Gasteiger partial charge >= 0.3 is 0 Å². The first-order chi connectivity index (χ1) is 8.80. The van der Waals surface area contributed by atoms with E-state index in [1.54, 1.807) is 24.4 Å². The first-order valence-corrected chi connectivity index (χ1v) is 7.92. The topological polar surface area (TPSA) is 88.2 Å². The highest BCUT2D eigenvalue weighted by molar-refractivity contribution is 7.92. The number of hydrazine groups is 1. The zero-order valence-electron chi connectivity index (χ0n) is 11.3. The second kappa shape index (κ2) is 6.51. The summed E-state index contributed by atoms with van der Waals surface area (Å²) in [7, 11) is -3.44. The number of hydrogen-bond donors (Lipinski definition) is 2. The predicted octanol–water partition coefficient (Wildman–Crippen LogP) is 0.984. The van der Waals surface area contributed by atoms with Crippen LogP contribution < -0.4 is 10.9 Å². The Kier molecular flexibility index (Phi) is 5.29. The molecule has 0 saturated carbocycles. The summed E-state index contributed by atoms with van der Waals surface area (Å²) in [6.07, 6.45) is 2.92. The molecule has 1 aromatic rings. The van der Waals surface area contributed by atoms with Crippen molar-refractivity contribution in [3.63, 3.8) is 0 Å². The number of sulfone groups is 1. The third-order valence-electron chi connectivity index (χ3n) is 2.47. The summed E-state index contributed by atoms with van der Waals surface area (Å²) in [6, 6.07) is 5.16. The largest absolute Gasteiger partial charge is 0.282 e. The molecule has 6 nitrogen and oxygen atoms in total. The lowest BCUT2D eigenvalue weighted by Gasteiger charge is -2.17. The molecule has 0 spiro atoms. The normalized spacial score (nSPS) is 13.1. The molecule has 0 aliphatic rings. The van der Waals surface area contributed by atoms with Crippen LogP contribution >= 0.6 is 0 Å². The Morgan fingerprint density at radius 2 is 2.05 bits per heavy atom. The molecule has 2 N–H and O–H groups in total. The lowest BCUT2D eigenvalue weighted by Crippen LogP contribution is -2.43. The fourth-order valence-electron chi connectivity index (χ4n) is 1.55. The van der Waals surface area contributed by atoms with Crippen LogP contribution in [0.15, 0.2) is 24.4 Å². The molecule has 0 fully saturated rings. The van der Waals surface area contributed by atoms with E-state index in [4.69, 9.17) is 0 Å². The van der Waals surface area contributed by atoms with Gasteiger partial charge in [-0.25, -0.2) is 13.4 Å². The Morgan fingerprint density at radius 1 is 1.37 bits per heavy atom. The van der Waals surface area contributed by atoms with Crippen molar-refractivity contribution in [1.82, 2.24) is 10.4 Å². The van der Waals surface area contributed by atoms with E-state index in [1.165, 1.54) is 0 Å². The number of nitrogens with zero attached hydrogens (tertiary/aromatic N) is 1. The fourth-order valence-corrected chi connectivity index (χ4v) is 2.73. The van der Waals surface area contributed by atoms with Gasteiger partial charge in [0.1, 0.15) is 11.1 Å². The van der Waals surface area contributed by atoms with Gasteiger partial charge in [-0.3, -0.25) is 15.6 Å². The molecule has 1 rings (SSSR count). The summed E-state index contributed by atoms with van der Waals surface area (Å²) < 4.78 is 23.2. The molecule has 106 valence electrons. The summed E-state index contributed by atoms with van der Waals surface area (Å²) in [5.74, 6) is -0.00479. The van der Waals surface area contributed by atoms with E-state index in [-0.39, 0.29) is 12.3 Å². The molecule has 1 aromatic heterocycles. The predicted molar refractivity (Wildman–Crippen MR) is 74.1 cm³/mol. The van der Waals surface area contributed by atoms with Gasteiger partial charge in [-0.15, -0.1) is 0 Å². The van der Waals surface area contributed by atoms with Crippen LogP contribution in [0.5, 0.6) is 0 Å². The van der Waals surface area contributed by atoms with Crippen LogP contribution in [0.1, 0.15) is 20.3 Å². The number of carbonyl (C=O) groups is 1. The summed E-state index contributed by atoms with van der Waals surface area (Å²) in [5.41, 5.74) is 4.98. The van der Waals surface area contributed by atoms with E-state index in [2.05, 4.69) is 15.8 Å². The first kappa shape index (κ1) is 15.4. The van der Waals surface area contributed by atoms with Gasteiger partial charge in [0.15, 0.2) is 9.84 Å². The molecule has 0 aliphatic carbocycles. The van der Waals surface area contributed by atoms with Crippen molar-refractivity contribution >= 4 is 21.6 Å². The molecule has 1 amide bonds. The molecule has 0 aliphatic heterocycles. The van der Waals surface area contributed by atoms with Crippen LogP contribution in [0, 0.1) is 5.92 Å². The van der Waals surface area contributed by atoms with Gasteiger partial charge in [0.2, 0.25) is 0 Å². The second-order valence-corrected chi connectivity index (χ2v) is 7.01. The maximum absolute atomic E-state index is 11.9. The Hall–Kier alpha value is -1.63. The minimum absolute atomic E-state index is 0.111. The average molecular weight is 285 g/mol. The molecular weight excluding hydrogens is 266 g/mol. The van der Waals surface area contributed by atoms with E-state index in [0.717, 1.165) is 6.26 Å². The van der Waals surface area contributed by atoms with Crippen molar-refractivity contribution in [1.29, 1.82) is 0 Å². The number of rotatable bonds is 6. The summed E-state index contributed by atoms with van der Waals surface area (Å²) in [6.45, 7) is 3.75. The summed E-state index contributed by atoms with van der Waals surface area (Å²) in [5, 5.41) is -1.05. The highest BCUT2D eigenvalue weighted by Crippen LogP contribution is 2.12. The zero-order chi connectivity index (χ0) is 14.5. The van der Waals surface area contributed by atoms with Crippen LogP contribution in [0.3, 0.4) is 0 Å². The van der Waals surface area contributed by atoms with Gasteiger partial charge in [0.05, 0.1) is 0 Å². The van der Waals surface area contributed by atoms with Gasteiger partial charge in [-0.05, 0) is 24.5 Å². The smallest absolute Gasteiger partial charge is 0.256 e. The van der Waals surface area contributed by atoms with Crippen LogP contribution in [-0.2, 0) is 14.6 Å². The molecule has 1 unspecified atom stereocenters. The van der Waals surface area contributed by atoms with E-state index in [9.17, 15) is 13.2 Å². The van der Waals surface area contributed by atoms with Gasteiger partial charge in [-0.2, -0.15) is 0 Å². The number of hydrogen-bond acceptors (Lipinski definition) is 5. The number of carbonyl (C=O) groups excluding carboxylic acids is 1. The number of nitrogens with one attached hydrogen (secondary N) is 2. The number of aromatic nitrogens is 1. The van der Waals surface area contributed by atoms with Gasteiger partial charge in [-0.1, -0.05) is 19.9 Å². The minimum atomic E-state index is -3.44. The number of pyridine rings is 1. The van der Waals surface area contributed by atoms with Crippen molar-refractivity contribution in [3.8, 4) is 0 Å². The standard InChI is InChI=1S/C12H19N3O3S/c1-9(2)8-10(19(3,17)18)12(16)15-14-11-6-4-5-7-13-11/h4-7,9-10H,8H2,1-3H3,(H,13,14)(H,15,16). The maximum atomic E-state index is 11.9. The van der Waals surface area contributed by atoms with E-state index >= 15 is 0 Å². The lowest BCUT2D eigenvalue weighted by molar-refractivity contribution is -0.120. The molecule has 1 atom stereocenters. The molecule has 0 saturated heterocycles. The monoisotopic (exact) mass is 285 g/mol. The third kappa shape index (κ3) is 5.25.